The van der Waals surface area contributed by atoms with Crippen molar-refractivity contribution in [1.82, 2.24) is 9.97 Å². The molecule has 0 radical (unpaired) electrons. The lowest BCUT2D eigenvalue weighted by atomic mass is 10.2. The van der Waals surface area contributed by atoms with Crippen LogP contribution in [0.5, 0.6) is 11.6 Å². The number of aryl methyl sites for hydroxylation is 1. The second-order valence-corrected chi connectivity index (χ2v) is 3.59. The highest BCUT2D eigenvalue weighted by atomic mass is 19.1. The van der Waals surface area contributed by atoms with Crippen molar-refractivity contribution in [3.63, 3.8) is 0 Å². The van der Waals surface area contributed by atoms with E-state index in [4.69, 9.17) is 4.74 Å². The van der Waals surface area contributed by atoms with Gasteiger partial charge in [0.15, 0.2) is 11.6 Å². The largest absolute Gasteiger partial charge is 0.433 e. The highest BCUT2D eigenvalue weighted by Crippen LogP contribution is 2.26. The van der Waals surface area contributed by atoms with Gasteiger partial charge in [-0.25, -0.2) is 9.37 Å². The third kappa shape index (κ3) is 2.37. The van der Waals surface area contributed by atoms with Gasteiger partial charge in [0.1, 0.15) is 0 Å². The van der Waals surface area contributed by atoms with Crippen LogP contribution in [-0.4, -0.2) is 17.0 Å². The molecule has 2 aromatic rings. The molecule has 0 bridgehead atoms. The molecule has 0 aliphatic heterocycles. The van der Waals surface area contributed by atoms with Crippen molar-refractivity contribution in [2.24, 2.45) is 0 Å². The fraction of sp³-hybridized carbons (Fsp3) is 0.167. The van der Waals surface area contributed by atoms with Gasteiger partial charge in [-0.05, 0) is 18.6 Å². The predicted molar refractivity (Wildman–Crippen MR) is 62.7 cm³/mol. The summed E-state index contributed by atoms with van der Waals surface area (Å²) in [5.41, 5.74) is 0.413. The van der Waals surface area contributed by atoms with Crippen molar-refractivity contribution in [2.45, 2.75) is 6.92 Å². The van der Waals surface area contributed by atoms with Gasteiger partial charge in [-0.15, -0.1) is 0 Å². The molecule has 1 aromatic carbocycles. The van der Waals surface area contributed by atoms with Crippen LogP contribution >= 0.6 is 0 Å². The first kappa shape index (κ1) is 12.2. The molecule has 0 amide bonds. The van der Waals surface area contributed by atoms with Gasteiger partial charge < -0.3 is 10.1 Å². The number of aromatic nitrogens is 2. The number of nitrogens with zero attached hydrogens (tertiary/aromatic N) is 2. The summed E-state index contributed by atoms with van der Waals surface area (Å²) in [6, 6.07) is 4.62. The van der Waals surface area contributed by atoms with Crippen molar-refractivity contribution >= 4 is 5.95 Å². The summed E-state index contributed by atoms with van der Waals surface area (Å²) in [4.78, 5) is 7.44. The maximum Gasteiger partial charge on any atom is 0.260 e. The average Bonchev–Trinajstić information content (AvgIpc) is 2.37. The standard InChI is InChI=1S/C12H11F2N3O/c1-7-4-3-5-9(10(7)14)18-11-8(13)6-16-12(15-2)17-11/h3-6H,1-2H3,(H,15,16,17). The second-order valence-electron chi connectivity index (χ2n) is 3.59. The van der Waals surface area contributed by atoms with Crippen molar-refractivity contribution in [3.05, 3.63) is 41.6 Å². The molecule has 0 spiro atoms. The summed E-state index contributed by atoms with van der Waals surface area (Å²) in [5.74, 6) is -1.50. The number of benzene rings is 1. The van der Waals surface area contributed by atoms with Crippen molar-refractivity contribution in [3.8, 4) is 11.6 Å². The Balaban J connectivity index is 2.36. The number of halogens is 2. The number of anilines is 1. The Kier molecular flexibility index (Phi) is 3.36. The van der Waals surface area contributed by atoms with Crippen LogP contribution in [0.1, 0.15) is 5.56 Å². The first-order chi connectivity index (χ1) is 8.61. The molecule has 0 aliphatic rings. The molecule has 18 heavy (non-hydrogen) atoms. The smallest absolute Gasteiger partial charge is 0.260 e. The third-order valence-corrected chi connectivity index (χ3v) is 2.30. The predicted octanol–water partition coefficient (Wildman–Crippen LogP) is 2.90. The molecule has 0 fully saturated rings. The van der Waals surface area contributed by atoms with Crippen LogP contribution in [0.4, 0.5) is 14.7 Å². The third-order valence-electron chi connectivity index (χ3n) is 2.30. The summed E-state index contributed by atoms with van der Waals surface area (Å²) in [6.07, 6.45) is 0.960. The molecule has 0 atom stereocenters. The van der Waals surface area contributed by atoms with Crippen LogP contribution in [0, 0.1) is 18.6 Å². The SMILES string of the molecule is CNc1ncc(F)c(Oc2cccc(C)c2F)n1. The zero-order valence-corrected chi connectivity index (χ0v) is 9.87. The first-order valence-corrected chi connectivity index (χ1v) is 5.25. The molecule has 0 aliphatic carbocycles. The first-order valence-electron chi connectivity index (χ1n) is 5.25. The molecule has 0 unspecified atom stereocenters. The van der Waals surface area contributed by atoms with Gasteiger partial charge in [-0.1, -0.05) is 12.1 Å². The van der Waals surface area contributed by atoms with Gasteiger partial charge in [0.05, 0.1) is 6.20 Å². The molecule has 6 heteroatoms. The Labute approximate surface area is 103 Å². The molecular weight excluding hydrogens is 240 g/mol. The summed E-state index contributed by atoms with van der Waals surface area (Å²) in [6.45, 7) is 1.59. The lowest BCUT2D eigenvalue weighted by Gasteiger charge is -2.08. The quantitative estimate of drug-likeness (QED) is 0.911. The van der Waals surface area contributed by atoms with Crippen LogP contribution in [0.25, 0.3) is 0 Å². The van der Waals surface area contributed by atoms with E-state index in [-0.39, 0.29) is 17.6 Å². The molecule has 2 rings (SSSR count). The van der Waals surface area contributed by atoms with Crippen LogP contribution in [-0.2, 0) is 0 Å². The highest BCUT2D eigenvalue weighted by molar-refractivity contribution is 5.35. The number of hydrogen-bond acceptors (Lipinski definition) is 4. The van der Waals surface area contributed by atoms with E-state index in [2.05, 4.69) is 15.3 Å². The molecule has 1 heterocycles. The number of ether oxygens (including phenoxy) is 1. The lowest BCUT2D eigenvalue weighted by molar-refractivity contribution is 0.395. The molecule has 4 nitrogen and oxygen atoms in total. The number of hydrogen-bond donors (Lipinski definition) is 1. The van der Waals surface area contributed by atoms with Gasteiger partial charge in [0, 0.05) is 7.05 Å². The fourth-order valence-corrected chi connectivity index (χ4v) is 1.35. The Morgan fingerprint density at radius 2 is 2.06 bits per heavy atom. The van der Waals surface area contributed by atoms with E-state index >= 15 is 0 Å². The normalized spacial score (nSPS) is 10.2. The molecular formula is C12H11F2N3O. The van der Waals surface area contributed by atoms with E-state index < -0.39 is 11.6 Å². The van der Waals surface area contributed by atoms with Crippen LogP contribution in [0.15, 0.2) is 24.4 Å². The zero-order valence-electron chi connectivity index (χ0n) is 9.87. The molecule has 0 saturated heterocycles. The molecule has 94 valence electrons. The Morgan fingerprint density at radius 1 is 1.28 bits per heavy atom. The average molecular weight is 251 g/mol. The topological polar surface area (TPSA) is 47.0 Å². The Bertz CT molecular complexity index is 575. The van der Waals surface area contributed by atoms with E-state index in [1.807, 2.05) is 0 Å². The van der Waals surface area contributed by atoms with Crippen molar-refractivity contribution in [1.29, 1.82) is 0 Å². The zero-order chi connectivity index (χ0) is 13.1. The minimum atomic E-state index is -0.755. The van der Waals surface area contributed by atoms with Gasteiger partial charge >= 0.3 is 0 Å². The van der Waals surface area contributed by atoms with Gasteiger partial charge in [-0.3, -0.25) is 0 Å². The number of nitrogens with one attached hydrogen (secondary N) is 1. The summed E-state index contributed by atoms with van der Waals surface area (Å²) < 4.78 is 32.2. The summed E-state index contributed by atoms with van der Waals surface area (Å²) >= 11 is 0. The molecule has 0 saturated carbocycles. The van der Waals surface area contributed by atoms with Crippen LogP contribution < -0.4 is 10.1 Å². The minimum Gasteiger partial charge on any atom is -0.433 e. The van der Waals surface area contributed by atoms with Crippen LogP contribution in [0.2, 0.25) is 0 Å². The van der Waals surface area contributed by atoms with E-state index in [9.17, 15) is 8.78 Å². The monoisotopic (exact) mass is 251 g/mol. The van der Waals surface area contributed by atoms with Crippen molar-refractivity contribution < 1.29 is 13.5 Å². The van der Waals surface area contributed by atoms with E-state index in [1.165, 1.54) is 6.07 Å². The van der Waals surface area contributed by atoms with E-state index in [0.717, 1.165) is 6.20 Å². The lowest BCUT2D eigenvalue weighted by Crippen LogP contribution is -2.01. The summed E-state index contributed by atoms with van der Waals surface area (Å²) in [7, 11) is 1.59. The highest BCUT2D eigenvalue weighted by Gasteiger charge is 2.12. The molecule has 1 aromatic heterocycles. The second kappa shape index (κ2) is 4.95. The fourth-order valence-electron chi connectivity index (χ4n) is 1.35. The van der Waals surface area contributed by atoms with E-state index in [0.29, 0.717) is 5.56 Å². The van der Waals surface area contributed by atoms with Gasteiger partial charge in [0.25, 0.3) is 5.88 Å². The van der Waals surface area contributed by atoms with Gasteiger partial charge in [-0.2, -0.15) is 9.37 Å². The molecule has 1 N–H and O–H groups in total. The maximum absolute atomic E-state index is 13.7. The van der Waals surface area contributed by atoms with E-state index in [1.54, 1.807) is 26.1 Å². The maximum atomic E-state index is 13.7. The summed E-state index contributed by atoms with van der Waals surface area (Å²) in [5, 5.41) is 2.64. The van der Waals surface area contributed by atoms with Gasteiger partial charge in [0.2, 0.25) is 11.8 Å². The minimum absolute atomic E-state index is 0.0744. The number of rotatable bonds is 3. The Morgan fingerprint density at radius 3 is 2.78 bits per heavy atom. The van der Waals surface area contributed by atoms with Crippen LogP contribution in [0.3, 0.4) is 0 Å². The van der Waals surface area contributed by atoms with Crippen molar-refractivity contribution in [2.75, 3.05) is 12.4 Å². The Hall–Kier alpha value is -2.24.